The first-order valence-electron chi connectivity index (χ1n) is 6.23. The van der Waals surface area contributed by atoms with Gasteiger partial charge in [0.2, 0.25) is 5.91 Å². The summed E-state index contributed by atoms with van der Waals surface area (Å²) in [7, 11) is 0. The van der Waals surface area contributed by atoms with Crippen molar-refractivity contribution in [2.75, 3.05) is 6.54 Å². The van der Waals surface area contributed by atoms with Crippen molar-refractivity contribution in [1.29, 1.82) is 0 Å². The number of carboxylic acid groups (broad SMARTS) is 1. The molecule has 0 saturated carbocycles. The van der Waals surface area contributed by atoms with Crippen molar-refractivity contribution in [1.82, 2.24) is 5.32 Å². The lowest BCUT2D eigenvalue weighted by Crippen LogP contribution is -2.41. The van der Waals surface area contributed by atoms with Gasteiger partial charge in [0.15, 0.2) is 0 Å². The summed E-state index contributed by atoms with van der Waals surface area (Å²) in [6.45, 7) is 2.90. The van der Waals surface area contributed by atoms with Crippen LogP contribution in [0.1, 0.15) is 31.4 Å². The Kier molecular flexibility index (Phi) is 4.98. The van der Waals surface area contributed by atoms with E-state index < -0.39 is 29.0 Å². The Labute approximate surface area is 120 Å². The van der Waals surface area contributed by atoms with Crippen LogP contribution in [0.4, 0.5) is 13.2 Å². The molecule has 0 heterocycles. The summed E-state index contributed by atoms with van der Waals surface area (Å²) >= 11 is 0. The smallest absolute Gasteiger partial charge is 0.416 e. The van der Waals surface area contributed by atoms with Gasteiger partial charge in [-0.15, -0.1) is 0 Å². The summed E-state index contributed by atoms with van der Waals surface area (Å²) in [5, 5.41) is 10.9. The second kappa shape index (κ2) is 6.15. The lowest BCUT2D eigenvalue weighted by atomic mass is 9.83. The summed E-state index contributed by atoms with van der Waals surface area (Å²) in [5.41, 5.74) is -1.81. The van der Waals surface area contributed by atoms with Gasteiger partial charge < -0.3 is 10.4 Å². The highest BCUT2D eigenvalue weighted by Crippen LogP contribution is 2.32. The average Bonchev–Trinajstić information content (AvgIpc) is 2.37. The zero-order valence-electron chi connectivity index (χ0n) is 11.6. The predicted molar refractivity (Wildman–Crippen MR) is 69.7 cm³/mol. The quantitative estimate of drug-likeness (QED) is 0.878. The Balaban J connectivity index is 2.91. The van der Waals surface area contributed by atoms with E-state index in [1.54, 1.807) is 0 Å². The van der Waals surface area contributed by atoms with Crippen molar-refractivity contribution in [3.05, 3.63) is 35.4 Å². The summed E-state index contributed by atoms with van der Waals surface area (Å²) in [4.78, 5) is 22.4. The first kappa shape index (κ1) is 17.0. The number of nitrogens with one attached hydrogen (secondary N) is 1. The van der Waals surface area contributed by atoms with E-state index >= 15 is 0 Å². The monoisotopic (exact) mass is 303 g/mol. The standard InChI is InChI=1S/C14H16F3NO3/c1-13(2,12(21)18-7-6-11(19)20)9-4-3-5-10(8-9)14(15,16)17/h3-5,8H,6-7H2,1-2H3,(H,18,21)(H,19,20). The molecular formula is C14H16F3NO3. The molecule has 0 spiro atoms. The number of amides is 1. The van der Waals surface area contributed by atoms with Gasteiger partial charge in [-0.2, -0.15) is 13.2 Å². The minimum Gasteiger partial charge on any atom is -0.481 e. The molecule has 0 radical (unpaired) electrons. The molecule has 1 aromatic rings. The van der Waals surface area contributed by atoms with Crippen molar-refractivity contribution < 1.29 is 27.9 Å². The molecule has 0 aromatic heterocycles. The number of carbonyl (C=O) groups is 2. The number of benzene rings is 1. The normalized spacial score (nSPS) is 12.0. The van der Waals surface area contributed by atoms with E-state index in [1.807, 2.05) is 0 Å². The molecule has 1 aromatic carbocycles. The molecule has 0 atom stereocenters. The lowest BCUT2D eigenvalue weighted by Gasteiger charge is -2.25. The third-order valence-electron chi connectivity index (χ3n) is 3.10. The van der Waals surface area contributed by atoms with E-state index in [4.69, 9.17) is 5.11 Å². The van der Waals surface area contributed by atoms with Crippen molar-refractivity contribution in [2.45, 2.75) is 31.9 Å². The second-order valence-electron chi connectivity index (χ2n) is 5.10. The molecule has 0 saturated heterocycles. The summed E-state index contributed by atoms with van der Waals surface area (Å²) in [5.74, 6) is -1.59. The van der Waals surface area contributed by atoms with Crippen LogP contribution >= 0.6 is 0 Å². The number of carboxylic acids is 1. The maximum atomic E-state index is 12.7. The molecule has 4 nitrogen and oxygen atoms in total. The fourth-order valence-corrected chi connectivity index (χ4v) is 1.72. The number of aliphatic carboxylic acids is 1. The van der Waals surface area contributed by atoms with Crippen LogP contribution in [0, 0.1) is 0 Å². The van der Waals surface area contributed by atoms with Crippen molar-refractivity contribution in [3.63, 3.8) is 0 Å². The molecule has 116 valence electrons. The lowest BCUT2D eigenvalue weighted by molar-refractivity contribution is -0.138. The van der Waals surface area contributed by atoms with Gasteiger partial charge >= 0.3 is 12.1 Å². The van der Waals surface area contributed by atoms with Gasteiger partial charge in [-0.25, -0.2) is 0 Å². The largest absolute Gasteiger partial charge is 0.481 e. The number of halogens is 3. The SMILES string of the molecule is CC(C)(C(=O)NCCC(=O)O)c1cccc(C(F)(F)F)c1. The van der Waals surface area contributed by atoms with Crippen LogP contribution in [0.15, 0.2) is 24.3 Å². The molecule has 0 bridgehead atoms. The third-order valence-corrected chi connectivity index (χ3v) is 3.10. The molecule has 21 heavy (non-hydrogen) atoms. The van der Waals surface area contributed by atoms with Crippen molar-refractivity contribution >= 4 is 11.9 Å². The number of carbonyl (C=O) groups excluding carboxylic acids is 1. The Morgan fingerprint density at radius 2 is 1.76 bits per heavy atom. The van der Waals surface area contributed by atoms with Crippen molar-refractivity contribution in [2.24, 2.45) is 0 Å². The van der Waals surface area contributed by atoms with Gasteiger partial charge in [0.25, 0.3) is 0 Å². The van der Waals surface area contributed by atoms with E-state index in [0.29, 0.717) is 0 Å². The van der Waals surface area contributed by atoms with Crippen LogP contribution in [0.2, 0.25) is 0 Å². The average molecular weight is 303 g/mol. The number of hydrogen-bond donors (Lipinski definition) is 2. The van der Waals surface area contributed by atoms with Crippen LogP contribution in [0.25, 0.3) is 0 Å². The fourth-order valence-electron chi connectivity index (χ4n) is 1.72. The van der Waals surface area contributed by atoms with Gasteiger partial charge in [0.1, 0.15) is 0 Å². The predicted octanol–water partition coefficient (Wildman–Crippen LogP) is 2.57. The maximum absolute atomic E-state index is 12.7. The highest BCUT2D eigenvalue weighted by molar-refractivity contribution is 5.87. The number of hydrogen-bond acceptors (Lipinski definition) is 2. The molecule has 0 aliphatic heterocycles. The summed E-state index contributed by atoms with van der Waals surface area (Å²) in [6.07, 6.45) is -4.73. The third kappa shape index (κ3) is 4.47. The summed E-state index contributed by atoms with van der Waals surface area (Å²) in [6, 6.07) is 4.54. The van der Waals surface area contributed by atoms with E-state index in [9.17, 15) is 22.8 Å². The molecule has 0 aliphatic rings. The van der Waals surface area contributed by atoms with Gasteiger partial charge in [-0.05, 0) is 25.5 Å². The summed E-state index contributed by atoms with van der Waals surface area (Å²) < 4.78 is 38.0. The maximum Gasteiger partial charge on any atom is 0.416 e. The van der Waals surface area contributed by atoms with Crippen LogP contribution in [0.3, 0.4) is 0 Å². The highest BCUT2D eigenvalue weighted by Gasteiger charge is 2.34. The zero-order chi connectivity index (χ0) is 16.3. The Morgan fingerprint density at radius 1 is 1.19 bits per heavy atom. The van der Waals surface area contributed by atoms with Crippen LogP contribution in [-0.4, -0.2) is 23.5 Å². The number of alkyl halides is 3. The Morgan fingerprint density at radius 3 is 2.29 bits per heavy atom. The van der Waals surface area contributed by atoms with Gasteiger partial charge in [-0.1, -0.05) is 18.2 Å². The van der Waals surface area contributed by atoms with Crippen LogP contribution in [0.5, 0.6) is 0 Å². The van der Waals surface area contributed by atoms with E-state index in [0.717, 1.165) is 12.1 Å². The molecule has 7 heteroatoms. The minimum atomic E-state index is -4.48. The Hall–Kier alpha value is -2.05. The first-order valence-corrected chi connectivity index (χ1v) is 6.23. The fraction of sp³-hybridized carbons (Fsp3) is 0.429. The topological polar surface area (TPSA) is 66.4 Å². The molecule has 0 unspecified atom stereocenters. The Bertz CT molecular complexity index is 539. The highest BCUT2D eigenvalue weighted by atomic mass is 19.4. The van der Waals surface area contributed by atoms with Gasteiger partial charge in [0.05, 0.1) is 17.4 Å². The second-order valence-corrected chi connectivity index (χ2v) is 5.10. The van der Waals surface area contributed by atoms with E-state index in [-0.39, 0.29) is 18.5 Å². The molecule has 1 amide bonds. The molecule has 0 fully saturated rings. The number of rotatable bonds is 5. The van der Waals surface area contributed by atoms with E-state index in [1.165, 1.54) is 26.0 Å². The molecular weight excluding hydrogens is 287 g/mol. The molecule has 2 N–H and O–H groups in total. The molecule has 1 rings (SSSR count). The van der Waals surface area contributed by atoms with Gasteiger partial charge in [-0.3, -0.25) is 9.59 Å². The van der Waals surface area contributed by atoms with Crippen LogP contribution < -0.4 is 5.32 Å². The van der Waals surface area contributed by atoms with Gasteiger partial charge in [0, 0.05) is 6.54 Å². The minimum absolute atomic E-state index is 0.0729. The zero-order valence-corrected chi connectivity index (χ0v) is 11.6. The first-order chi connectivity index (χ1) is 9.55. The van der Waals surface area contributed by atoms with E-state index in [2.05, 4.69) is 5.32 Å². The van der Waals surface area contributed by atoms with Crippen molar-refractivity contribution in [3.8, 4) is 0 Å². The molecule has 0 aliphatic carbocycles. The van der Waals surface area contributed by atoms with Crippen LogP contribution in [-0.2, 0) is 21.2 Å².